The van der Waals surface area contributed by atoms with E-state index in [2.05, 4.69) is 0 Å². The van der Waals surface area contributed by atoms with Crippen LogP contribution in [-0.2, 0) is 9.47 Å². The molecule has 0 saturated carbocycles. The number of rotatable bonds is 10. The lowest BCUT2D eigenvalue weighted by atomic mass is 10.1. The number of halogens is 1. The summed E-state index contributed by atoms with van der Waals surface area (Å²) < 4.78 is 24.9. The molecule has 0 radical (unpaired) electrons. The van der Waals surface area contributed by atoms with Gasteiger partial charge in [-0.2, -0.15) is 0 Å². The number of benzene rings is 1. The lowest BCUT2D eigenvalue weighted by Gasteiger charge is -2.25. The second-order valence-electron chi connectivity index (χ2n) is 4.77. The van der Waals surface area contributed by atoms with E-state index in [1.807, 2.05) is 18.7 Å². The molecule has 0 saturated heterocycles. The van der Waals surface area contributed by atoms with Crippen LogP contribution in [0.4, 0.5) is 10.1 Å². The summed E-state index contributed by atoms with van der Waals surface area (Å²) in [5.74, 6) is -0.332. The maximum Gasteiger partial charge on any atom is 0.146 e. The van der Waals surface area contributed by atoms with Crippen LogP contribution in [-0.4, -0.2) is 44.6 Å². The zero-order chi connectivity index (χ0) is 15.7. The lowest BCUT2D eigenvalue weighted by molar-refractivity contribution is 0.141. The van der Waals surface area contributed by atoms with Gasteiger partial charge in [-0.1, -0.05) is 6.07 Å². The van der Waals surface area contributed by atoms with Crippen LogP contribution in [0.1, 0.15) is 32.4 Å². The third-order valence-corrected chi connectivity index (χ3v) is 3.21. The molecule has 0 aliphatic rings. The molecule has 21 heavy (non-hydrogen) atoms. The Balaban J connectivity index is 2.79. The van der Waals surface area contributed by atoms with Gasteiger partial charge in [-0.05, 0) is 38.5 Å². The van der Waals surface area contributed by atoms with Crippen molar-refractivity contribution in [2.75, 3.05) is 44.4 Å². The van der Waals surface area contributed by atoms with E-state index < -0.39 is 6.10 Å². The van der Waals surface area contributed by atoms with Crippen molar-refractivity contribution < 1.29 is 19.0 Å². The zero-order valence-electron chi connectivity index (χ0n) is 13.1. The van der Waals surface area contributed by atoms with Gasteiger partial charge < -0.3 is 19.5 Å². The number of hydrogen-bond acceptors (Lipinski definition) is 4. The molecule has 0 heterocycles. The molecule has 120 valence electrons. The van der Waals surface area contributed by atoms with E-state index >= 15 is 0 Å². The van der Waals surface area contributed by atoms with E-state index in [0.717, 1.165) is 0 Å². The Morgan fingerprint density at radius 1 is 1.14 bits per heavy atom. The molecule has 0 aromatic heterocycles. The average molecular weight is 299 g/mol. The maximum absolute atomic E-state index is 14.2. The molecule has 0 spiro atoms. The first-order valence-electron chi connectivity index (χ1n) is 7.48. The molecule has 0 unspecified atom stereocenters. The Kier molecular flexibility index (Phi) is 8.27. The van der Waals surface area contributed by atoms with Gasteiger partial charge in [-0.15, -0.1) is 0 Å². The highest BCUT2D eigenvalue weighted by molar-refractivity contribution is 5.49. The standard InChI is InChI=1S/C16H26FNO3/c1-4-20-10-8-18(9-11-21-5-2)16-7-6-14(13(3)19)12-15(16)17/h6-7,12-13,19H,4-5,8-11H2,1-3H3/t13-/m0/s1. The van der Waals surface area contributed by atoms with Crippen molar-refractivity contribution in [3.05, 3.63) is 29.6 Å². The molecule has 1 aromatic carbocycles. The van der Waals surface area contributed by atoms with Crippen LogP contribution in [0, 0.1) is 5.82 Å². The summed E-state index contributed by atoms with van der Waals surface area (Å²) in [6.07, 6.45) is -0.672. The normalized spacial score (nSPS) is 12.4. The first kappa shape index (κ1) is 17.9. The fourth-order valence-electron chi connectivity index (χ4n) is 2.03. The molecule has 0 fully saturated rings. The van der Waals surface area contributed by atoms with Gasteiger partial charge >= 0.3 is 0 Å². The van der Waals surface area contributed by atoms with Gasteiger partial charge in [-0.3, -0.25) is 0 Å². The predicted octanol–water partition coefficient (Wildman–Crippen LogP) is 2.76. The van der Waals surface area contributed by atoms with Gasteiger partial charge in [0.1, 0.15) is 5.82 Å². The molecular formula is C16H26FNO3. The van der Waals surface area contributed by atoms with Crippen molar-refractivity contribution >= 4 is 5.69 Å². The Hall–Kier alpha value is -1.17. The zero-order valence-corrected chi connectivity index (χ0v) is 13.1. The minimum atomic E-state index is -0.672. The molecule has 0 aliphatic heterocycles. The minimum absolute atomic E-state index is 0.332. The van der Waals surface area contributed by atoms with Gasteiger partial charge in [0.15, 0.2) is 0 Å². The fraction of sp³-hybridized carbons (Fsp3) is 0.625. The number of aliphatic hydroxyl groups excluding tert-OH is 1. The van der Waals surface area contributed by atoms with Crippen molar-refractivity contribution in [2.24, 2.45) is 0 Å². The number of aliphatic hydroxyl groups is 1. The van der Waals surface area contributed by atoms with Crippen molar-refractivity contribution in [1.82, 2.24) is 0 Å². The van der Waals surface area contributed by atoms with Crippen molar-refractivity contribution in [2.45, 2.75) is 26.9 Å². The molecule has 0 bridgehead atoms. The van der Waals surface area contributed by atoms with Crippen LogP contribution in [0.5, 0.6) is 0 Å². The van der Waals surface area contributed by atoms with Gasteiger partial charge in [0, 0.05) is 26.3 Å². The summed E-state index contributed by atoms with van der Waals surface area (Å²) in [5, 5.41) is 9.50. The summed E-state index contributed by atoms with van der Waals surface area (Å²) >= 11 is 0. The third kappa shape index (κ3) is 5.99. The molecule has 1 aromatic rings. The Labute approximate surface area is 126 Å². The first-order valence-corrected chi connectivity index (χ1v) is 7.48. The highest BCUT2D eigenvalue weighted by Gasteiger charge is 2.13. The SMILES string of the molecule is CCOCCN(CCOCC)c1ccc([C@H](C)O)cc1F. The topological polar surface area (TPSA) is 41.9 Å². The highest BCUT2D eigenvalue weighted by Crippen LogP contribution is 2.23. The number of anilines is 1. The van der Waals surface area contributed by atoms with Crippen molar-refractivity contribution in [3.63, 3.8) is 0 Å². The van der Waals surface area contributed by atoms with Gasteiger partial charge in [0.2, 0.25) is 0 Å². The number of ether oxygens (including phenoxy) is 2. The van der Waals surface area contributed by atoms with Crippen LogP contribution >= 0.6 is 0 Å². The quantitative estimate of drug-likeness (QED) is 0.675. The third-order valence-electron chi connectivity index (χ3n) is 3.21. The van der Waals surface area contributed by atoms with Crippen molar-refractivity contribution in [3.8, 4) is 0 Å². The largest absolute Gasteiger partial charge is 0.389 e. The Morgan fingerprint density at radius 2 is 1.71 bits per heavy atom. The van der Waals surface area contributed by atoms with E-state index in [-0.39, 0.29) is 5.82 Å². The summed E-state index contributed by atoms with van der Waals surface area (Å²) in [4.78, 5) is 1.91. The van der Waals surface area contributed by atoms with Crippen LogP contribution < -0.4 is 4.90 Å². The molecule has 1 rings (SSSR count). The Morgan fingerprint density at radius 3 is 2.14 bits per heavy atom. The minimum Gasteiger partial charge on any atom is -0.389 e. The molecule has 0 aliphatic carbocycles. The van der Waals surface area contributed by atoms with Gasteiger partial charge in [-0.25, -0.2) is 4.39 Å². The highest BCUT2D eigenvalue weighted by atomic mass is 19.1. The summed E-state index contributed by atoms with van der Waals surface area (Å²) in [6, 6.07) is 4.83. The lowest BCUT2D eigenvalue weighted by Crippen LogP contribution is -2.31. The van der Waals surface area contributed by atoms with Gasteiger partial charge in [0.05, 0.1) is 25.0 Å². The first-order chi connectivity index (χ1) is 10.1. The van der Waals surface area contributed by atoms with Gasteiger partial charge in [0.25, 0.3) is 0 Å². The summed E-state index contributed by atoms with van der Waals surface area (Å²) in [7, 11) is 0. The Bertz CT molecular complexity index is 403. The average Bonchev–Trinajstić information content (AvgIpc) is 2.46. The monoisotopic (exact) mass is 299 g/mol. The fourth-order valence-corrected chi connectivity index (χ4v) is 2.03. The van der Waals surface area contributed by atoms with E-state index in [9.17, 15) is 9.50 Å². The smallest absolute Gasteiger partial charge is 0.146 e. The van der Waals surface area contributed by atoms with E-state index in [1.165, 1.54) is 6.07 Å². The number of nitrogens with zero attached hydrogens (tertiary/aromatic N) is 1. The van der Waals surface area contributed by atoms with Crippen LogP contribution in [0.3, 0.4) is 0 Å². The molecular weight excluding hydrogens is 273 g/mol. The van der Waals surface area contributed by atoms with E-state index in [0.29, 0.717) is 50.8 Å². The second kappa shape index (κ2) is 9.71. The van der Waals surface area contributed by atoms with Crippen LogP contribution in [0.2, 0.25) is 0 Å². The van der Waals surface area contributed by atoms with Crippen molar-refractivity contribution in [1.29, 1.82) is 0 Å². The summed E-state index contributed by atoms with van der Waals surface area (Å²) in [6.45, 7) is 9.06. The maximum atomic E-state index is 14.2. The molecule has 1 atom stereocenters. The molecule has 0 amide bonds. The van der Waals surface area contributed by atoms with E-state index in [4.69, 9.17) is 9.47 Å². The molecule has 5 heteroatoms. The van der Waals surface area contributed by atoms with E-state index in [1.54, 1.807) is 19.1 Å². The predicted molar refractivity (Wildman–Crippen MR) is 82.2 cm³/mol. The second-order valence-corrected chi connectivity index (χ2v) is 4.77. The molecule has 1 N–H and O–H groups in total. The van der Waals surface area contributed by atoms with Crippen LogP contribution in [0.15, 0.2) is 18.2 Å². The van der Waals surface area contributed by atoms with Crippen LogP contribution in [0.25, 0.3) is 0 Å². The molecule has 4 nitrogen and oxygen atoms in total. The number of hydrogen-bond donors (Lipinski definition) is 1. The summed E-state index contributed by atoms with van der Waals surface area (Å²) in [5.41, 5.74) is 1.09.